The zero-order valence-electron chi connectivity index (χ0n) is 21.7. The molecule has 0 aliphatic rings. The lowest BCUT2D eigenvalue weighted by molar-refractivity contribution is -0.113. The molecule has 0 spiro atoms. The van der Waals surface area contributed by atoms with E-state index in [1.807, 2.05) is 11.5 Å². The Morgan fingerprint density at radius 1 is 1.08 bits per heavy atom. The Hall–Kier alpha value is -3.45. The molecule has 1 atom stereocenters. The van der Waals surface area contributed by atoms with Crippen LogP contribution >= 0.6 is 23.1 Å². The van der Waals surface area contributed by atoms with Gasteiger partial charge in [0.05, 0.1) is 24.5 Å². The molecule has 0 bridgehead atoms. The quantitative estimate of drug-likeness (QED) is 0.238. The highest BCUT2D eigenvalue weighted by molar-refractivity contribution is 7.99. The molecule has 1 aromatic carbocycles. The number of esters is 2. The van der Waals surface area contributed by atoms with Gasteiger partial charge in [-0.3, -0.25) is 4.79 Å². The molecular formula is C25H29FN4O6S2. The minimum atomic E-state index is -0.634. The number of carbonyl (C=O) groups excluding carboxylic acids is 3. The highest BCUT2D eigenvalue weighted by Crippen LogP contribution is 2.34. The van der Waals surface area contributed by atoms with Crippen molar-refractivity contribution in [2.24, 2.45) is 0 Å². The maximum atomic E-state index is 13.2. The van der Waals surface area contributed by atoms with Gasteiger partial charge in [0.25, 0.3) is 0 Å². The standard InChI is InChI=1S/C25H29FN4O6S2/c1-6-30-21(15(5)36-17-11-9-16(26)10-12-17)28-29-25(30)37-13-18(31)27-22-19(23(32)34-7-2)14(4)20(38-22)24(33)35-8-3/h9-12,15H,6-8,13H2,1-5H3,(H,27,31). The minimum absolute atomic E-state index is 0.0285. The van der Waals surface area contributed by atoms with E-state index in [-0.39, 0.29) is 40.2 Å². The summed E-state index contributed by atoms with van der Waals surface area (Å²) >= 11 is 2.13. The second kappa shape index (κ2) is 13.4. The molecule has 204 valence electrons. The van der Waals surface area contributed by atoms with E-state index in [2.05, 4.69) is 15.5 Å². The molecular weight excluding hydrogens is 535 g/mol. The number of carbonyl (C=O) groups is 3. The molecule has 0 saturated carbocycles. The monoisotopic (exact) mass is 564 g/mol. The van der Waals surface area contributed by atoms with Crippen molar-refractivity contribution < 1.29 is 33.0 Å². The lowest BCUT2D eigenvalue weighted by Crippen LogP contribution is -2.17. The first kappa shape index (κ1) is 29.1. The third-order valence-corrected chi connectivity index (χ3v) is 7.38. The Bertz CT molecular complexity index is 1290. The van der Waals surface area contributed by atoms with Crippen LogP contribution in [0.4, 0.5) is 9.39 Å². The zero-order chi connectivity index (χ0) is 27.8. The van der Waals surface area contributed by atoms with E-state index in [1.165, 1.54) is 24.3 Å². The maximum absolute atomic E-state index is 13.2. The fourth-order valence-corrected chi connectivity index (χ4v) is 5.42. The van der Waals surface area contributed by atoms with E-state index in [1.54, 1.807) is 27.7 Å². The van der Waals surface area contributed by atoms with Crippen molar-refractivity contribution in [3.63, 3.8) is 0 Å². The number of thioether (sulfide) groups is 1. The highest BCUT2D eigenvalue weighted by Gasteiger charge is 2.27. The summed E-state index contributed by atoms with van der Waals surface area (Å²) in [5.74, 6) is -0.954. The zero-order valence-corrected chi connectivity index (χ0v) is 23.3. The number of benzene rings is 1. The van der Waals surface area contributed by atoms with Gasteiger partial charge < -0.3 is 24.1 Å². The SMILES string of the molecule is CCOC(=O)c1sc(NC(=O)CSc2nnc(C(C)Oc3ccc(F)cc3)n2CC)c(C(=O)OCC)c1C. The first-order chi connectivity index (χ1) is 18.2. The van der Waals surface area contributed by atoms with Crippen molar-refractivity contribution >= 4 is 45.9 Å². The molecule has 3 rings (SSSR count). The fourth-order valence-electron chi connectivity index (χ4n) is 3.51. The van der Waals surface area contributed by atoms with E-state index in [0.717, 1.165) is 23.1 Å². The number of aromatic nitrogens is 3. The van der Waals surface area contributed by atoms with Crippen molar-refractivity contribution in [1.82, 2.24) is 14.8 Å². The summed E-state index contributed by atoms with van der Waals surface area (Å²) in [5.41, 5.74) is 0.518. The molecule has 38 heavy (non-hydrogen) atoms. The van der Waals surface area contributed by atoms with Gasteiger partial charge in [0.15, 0.2) is 17.1 Å². The van der Waals surface area contributed by atoms with Gasteiger partial charge in [0, 0.05) is 6.54 Å². The second-order valence-corrected chi connectivity index (χ2v) is 9.80. The van der Waals surface area contributed by atoms with Crippen LogP contribution in [0.5, 0.6) is 5.75 Å². The number of amides is 1. The van der Waals surface area contributed by atoms with E-state index in [0.29, 0.717) is 28.8 Å². The van der Waals surface area contributed by atoms with Crippen LogP contribution < -0.4 is 10.1 Å². The van der Waals surface area contributed by atoms with Crippen molar-refractivity contribution in [3.05, 3.63) is 51.9 Å². The molecule has 13 heteroatoms. The van der Waals surface area contributed by atoms with Crippen molar-refractivity contribution in [2.45, 2.75) is 52.4 Å². The molecule has 0 aliphatic carbocycles. The number of rotatable bonds is 12. The van der Waals surface area contributed by atoms with Crippen LogP contribution in [-0.4, -0.2) is 51.6 Å². The van der Waals surface area contributed by atoms with E-state index in [9.17, 15) is 18.8 Å². The number of anilines is 1. The molecule has 1 N–H and O–H groups in total. The van der Waals surface area contributed by atoms with Gasteiger partial charge in [0.1, 0.15) is 21.4 Å². The van der Waals surface area contributed by atoms with Gasteiger partial charge in [0.2, 0.25) is 5.91 Å². The highest BCUT2D eigenvalue weighted by atomic mass is 32.2. The van der Waals surface area contributed by atoms with Crippen LogP contribution in [0.25, 0.3) is 0 Å². The first-order valence-corrected chi connectivity index (χ1v) is 13.8. The molecule has 0 aliphatic heterocycles. The van der Waals surface area contributed by atoms with Gasteiger partial charge in [-0.05, 0) is 64.4 Å². The Balaban J connectivity index is 1.72. The number of ether oxygens (including phenoxy) is 3. The Morgan fingerprint density at radius 3 is 2.37 bits per heavy atom. The molecule has 1 amide bonds. The van der Waals surface area contributed by atoms with E-state index in [4.69, 9.17) is 14.2 Å². The number of thiophene rings is 1. The predicted octanol–water partition coefficient (Wildman–Crippen LogP) is 5.03. The van der Waals surface area contributed by atoms with Gasteiger partial charge in [-0.15, -0.1) is 21.5 Å². The molecule has 0 radical (unpaired) electrons. The van der Waals surface area contributed by atoms with Crippen LogP contribution in [0.3, 0.4) is 0 Å². The summed E-state index contributed by atoms with van der Waals surface area (Å²) in [4.78, 5) is 38.0. The first-order valence-electron chi connectivity index (χ1n) is 12.0. The van der Waals surface area contributed by atoms with Crippen LogP contribution in [-0.2, 0) is 20.8 Å². The number of nitrogens with zero attached hydrogens (tertiary/aromatic N) is 3. The number of hydrogen-bond donors (Lipinski definition) is 1. The third-order valence-electron chi connectivity index (χ3n) is 5.22. The van der Waals surface area contributed by atoms with Crippen molar-refractivity contribution in [1.29, 1.82) is 0 Å². The Kier molecular flexibility index (Phi) is 10.2. The van der Waals surface area contributed by atoms with Crippen LogP contribution in [0, 0.1) is 12.7 Å². The summed E-state index contributed by atoms with van der Waals surface area (Å²) in [6.07, 6.45) is -0.474. The number of halogens is 1. The molecule has 0 saturated heterocycles. The lowest BCUT2D eigenvalue weighted by atomic mass is 10.1. The van der Waals surface area contributed by atoms with Crippen molar-refractivity contribution in [3.8, 4) is 5.75 Å². The Labute approximate surface area is 227 Å². The molecule has 1 unspecified atom stereocenters. The average Bonchev–Trinajstić information content (AvgIpc) is 3.44. The molecule has 3 aromatic rings. The summed E-state index contributed by atoms with van der Waals surface area (Å²) in [5, 5.41) is 11.9. The molecule has 0 fully saturated rings. The summed E-state index contributed by atoms with van der Waals surface area (Å²) < 4.78 is 31.1. The van der Waals surface area contributed by atoms with Crippen LogP contribution in [0.2, 0.25) is 0 Å². The van der Waals surface area contributed by atoms with Gasteiger partial charge in [-0.25, -0.2) is 14.0 Å². The smallest absolute Gasteiger partial charge is 0.348 e. The third kappa shape index (κ3) is 6.90. The van der Waals surface area contributed by atoms with Crippen molar-refractivity contribution in [2.75, 3.05) is 24.3 Å². The normalized spacial score (nSPS) is 11.6. The second-order valence-electron chi connectivity index (χ2n) is 7.84. The van der Waals surface area contributed by atoms with Crippen LogP contribution in [0.1, 0.15) is 65.2 Å². The number of hydrogen-bond acceptors (Lipinski definition) is 10. The van der Waals surface area contributed by atoms with E-state index < -0.39 is 23.9 Å². The Morgan fingerprint density at radius 2 is 1.74 bits per heavy atom. The summed E-state index contributed by atoms with van der Waals surface area (Å²) in [6.45, 7) is 9.54. The largest absolute Gasteiger partial charge is 0.483 e. The number of nitrogens with one attached hydrogen (secondary N) is 1. The molecule has 10 nitrogen and oxygen atoms in total. The summed E-state index contributed by atoms with van der Waals surface area (Å²) in [6, 6.07) is 5.68. The topological polar surface area (TPSA) is 122 Å². The molecule has 2 heterocycles. The van der Waals surface area contributed by atoms with Gasteiger partial charge >= 0.3 is 11.9 Å². The van der Waals surface area contributed by atoms with Crippen LogP contribution in [0.15, 0.2) is 29.4 Å². The fraction of sp³-hybridized carbons (Fsp3) is 0.400. The van der Waals surface area contributed by atoms with E-state index >= 15 is 0 Å². The molecule has 2 aromatic heterocycles. The minimum Gasteiger partial charge on any atom is -0.483 e. The maximum Gasteiger partial charge on any atom is 0.348 e. The van der Waals surface area contributed by atoms with Gasteiger partial charge in [-0.1, -0.05) is 11.8 Å². The summed E-state index contributed by atoms with van der Waals surface area (Å²) in [7, 11) is 0. The average molecular weight is 565 g/mol. The predicted molar refractivity (Wildman–Crippen MR) is 141 cm³/mol. The van der Waals surface area contributed by atoms with Gasteiger partial charge in [-0.2, -0.15) is 0 Å². The lowest BCUT2D eigenvalue weighted by Gasteiger charge is -2.15.